The standard InChI is InChI=1S/C20H27N5O/c26-19(14-15-3-1-2-4-15)25-11-7-16(8-12-25)13-18-22-20(24-23-18)17-5-9-21-10-6-17/h5-6,9-10,15-16H,1-4,7-8,11-14H2,(H,22,23,24). The molecule has 1 aliphatic heterocycles. The number of nitrogens with zero attached hydrogens (tertiary/aromatic N) is 4. The van der Waals surface area contributed by atoms with Crippen molar-refractivity contribution < 1.29 is 4.79 Å². The predicted octanol–water partition coefficient (Wildman–Crippen LogP) is 3.23. The van der Waals surface area contributed by atoms with Crippen LogP contribution in [0.15, 0.2) is 24.5 Å². The van der Waals surface area contributed by atoms with Crippen molar-refractivity contribution in [3.05, 3.63) is 30.4 Å². The Balaban J connectivity index is 1.26. The van der Waals surface area contributed by atoms with Crippen LogP contribution in [-0.2, 0) is 11.2 Å². The molecule has 0 unspecified atom stereocenters. The minimum Gasteiger partial charge on any atom is -0.343 e. The van der Waals surface area contributed by atoms with Crippen molar-refractivity contribution in [2.45, 2.75) is 51.4 Å². The summed E-state index contributed by atoms with van der Waals surface area (Å²) < 4.78 is 0. The highest BCUT2D eigenvalue weighted by atomic mass is 16.2. The fraction of sp³-hybridized carbons (Fsp3) is 0.600. The van der Waals surface area contributed by atoms with E-state index in [1.165, 1.54) is 25.7 Å². The van der Waals surface area contributed by atoms with Gasteiger partial charge < -0.3 is 4.90 Å². The molecule has 1 amide bonds. The molecule has 26 heavy (non-hydrogen) atoms. The Morgan fingerprint density at radius 3 is 2.54 bits per heavy atom. The molecule has 0 aromatic carbocycles. The Labute approximate surface area is 154 Å². The average Bonchev–Trinajstić information content (AvgIpc) is 3.35. The molecular formula is C20H27N5O. The molecule has 6 nitrogen and oxygen atoms in total. The number of carbonyl (C=O) groups is 1. The highest BCUT2D eigenvalue weighted by Gasteiger charge is 2.26. The summed E-state index contributed by atoms with van der Waals surface area (Å²) in [6, 6.07) is 3.84. The monoisotopic (exact) mass is 353 g/mol. The molecule has 3 heterocycles. The number of likely N-dealkylation sites (tertiary alicyclic amines) is 1. The maximum Gasteiger partial charge on any atom is 0.222 e. The number of hydrogen-bond acceptors (Lipinski definition) is 4. The topological polar surface area (TPSA) is 74.8 Å². The van der Waals surface area contributed by atoms with E-state index < -0.39 is 0 Å². The summed E-state index contributed by atoms with van der Waals surface area (Å²) in [5.74, 6) is 3.25. The lowest BCUT2D eigenvalue weighted by molar-refractivity contribution is -0.133. The third kappa shape index (κ3) is 4.11. The van der Waals surface area contributed by atoms with Crippen LogP contribution >= 0.6 is 0 Å². The van der Waals surface area contributed by atoms with Gasteiger partial charge in [0.15, 0.2) is 5.82 Å². The highest BCUT2D eigenvalue weighted by molar-refractivity contribution is 5.76. The van der Waals surface area contributed by atoms with Gasteiger partial charge in [-0.25, -0.2) is 4.98 Å². The molecule has 0 bridgehead atoms. The smallest absolute Gasteiger partial charge is 0.222 e. The van der Waals surface area contributed by atoms with Crippen LogP contribution in [0.1, 0.15) is 50.8 Å². The molecule has 0 spiro atoms. The van der Waals surface area contributed by atoms with Gasteiger partial charge >= 0.3 is 0 Å². The van der Waals surface area contributed by atoms with Crippen LogP contribution in [0.2, 0.25) is 0 Å². The molecule has 2 aromatic heterocycles. The number of rotatable bonds is 5. The van der Waals surface area contributed by atoms with Crippen molar-refractivity contribution in [1.82, 2.24) is 25.1 Å². The van der Waals surface area contributed by atoms with Gasteiger partial charge in [-0.05, 0) is 49.7 Å². The number of pyridine rings is 1. The molecule has 0 atom stereocenters. The van der Waals surface area contributed by atoms with E-state index in [0.717, 1.165) is 56.0 Å². The third-order valence-corrected chi connectivity index (χ3v) is 5.86. The summed E-state index contributed by atoms with van der Waals surface area (Å²) in [6.45, 7) is 1.78. The Kier molecular flexibility index (Phi) is 5.27. The number of H-pyrrole nitrogens is 1. The summed E-state index contributed by atoms with van der Waals surface area (Å²) in [5.41, 5.74) is 0.981. The Bertz CT molecular complexity index is 715. The van der Waals surface area contributed by atoms with Gasteiger partial charge in [0.2, 0.25) is 5.91 Å². The quantitative estimate of drug-likeness (QED) is 0.895. The minimum absolute atomic E-state index is 0.370. The molecule has 2 aromatic rings. The number of nitrogens with one attached hydrogen (secondary N) is 1. The zero-order valence-corrected chi connectivity index (χ0v) is 15.2. The van der Waals surface area contributed by atoms with Gasteiger partial charge in [0.25, 0.3) is 0 Å². The van der Waals surface area contributed by atoms with E-state index in [2.05, 4.69) is 25.1 Å². The van der Waals surface area contributed by atoms with E-state index >= 15 is 0 Å². The van der Waals surface area contributed by atoms with Gasteiger partial charge in [-0.3, -0.25) is 14.9 Å². The summed E-state index contributed by atoms with van der Waals surface area (Å²) >= 11 is 0. The Hall–Kier alpha value is -2.24. The van der Waals surface area contributed by atoms with Crippen molar-refractivity contribution in [2.24, 2.45) is 11.8 Å². The van der Waals surface area contributed by atoms with Gasteiger partial charge in [-0.15, -0.1) is 0 Å². The van der Waals surface area contributed by atoms with E-state index in [0.29, 0.717) is 17.7 Å². The molecule has 1 aliphatic carbocycles. The lowest BCUT2D eigenvalue weighted by Gasteiger charge is -2.32. The second kappa shape index (κ2) is 7.98. The van der Waals surface area contributed by atoms with E-state index in [1.807, 2.05) is 12.1 Å². The normalized spacial score (nSPS) is 19.2. The fourth-order valence-electron chi connectivity index (χ4n) is 4.27. The molecule has 0 radical (unpaired) electrons. The van der Waals surface area contributed by atoms with Crippen LogP contribution < -0.4 is 0 Å². The number of aromatic amines is 1. The first-order chi connectivity index (χ1) is 12.8. The van der Waals surface area contributed by atoms with E-state index in [-0.39, 0.29) is 0 Å². The van der Waals surface area contributed by atoms with Crippen LogP contribution in [0.3, 0.4) is 0 Å². The van der Waals surface area contributed by atoms with Crippen LogP contribution in [0.4, 0.5) is 0 Å². The van der Waals surface area contributed by atoms with Crippen molar-refractivity contribution in [1.29, 1.82) is 0 Å². The van der Waals surface area contributed by atoms with Gasteiger partial charge in [0, 0.05) is 43.9 Å². The minimum atomic E-state index is 0.370. The molecule has 6 heteroatoms. The van der Waals surface area contributed by atoms with Crippen LogP contribution in [0.25, 0.3) is 11.4 Å². The lowest BCUT2D eigenvalue weighted by Crippen LogP contribution is -2.39. The summed E-state index contributed by atoms with van der Waals surface area (Å²) in [6.07, 6.45) is 12.4. The van der Waals surface area contributed by atoms with Gasteiger partial charge in [-0.1, -0.05) is 12.8 Å². The van der Waals surface area contributed by atoms with Crippen LogP contribution in [-0.4, -0.2) is 44.1 Å². The predicted molar refractivity (Wildman–Crippen MR) is 99.2 cm³/mol. The molecule has 138 valence electrons. The zero-order chi connectivity index (χ0) is 17.8. The van der Waals surface area contributed by atoms with Crippen molar-refractivity contribution in [3.8, 4) is 11.4 Å². The number of carbonyl (C=O) groups excluding carboxylic acids is 1. The second-order valence-corrected chi connectivity index (χ2v) is 7.72. The molecule has 1 N–H and O–H groups in total. The van der Waals surface area contributed by atoms with Gasteiger partial charge in [-0.2, -0.15) is 5.10 Å². The van der Waals surface area contributed by atoms with Crippen molar-refractivity contribution >= 4 is 5.91 Å². The zero-order valence-electron chi connectivity index (χ0n) is 15.2. The van der Waals surface area contributed by atoms with E-state index in [4.69, 9.17) is 0 Å². The number of hydrogen-bond donors (Lipinski definition) is 1. The highest BCUT2D eigenvalue weighted by Crippen LogP contribution is 2.29. The van der Waals surface area contributed by atoms with Crippen LogP contribution in [0.5, 0.6) is 0 Å². The molecule has 2 aliphatic rings. The van der Waals surface area contributed by atoms with Crippen molar-refractivity contribution in [3.63, 3.8) is 0 Å². The molecule has 1 saturated carbocycles. The second-order valence-electron chi connectivity index (χ2n) is 7.72. The van der Waals surface area contributed by atoms with E-state index in [1.54, 1.807) is 12.4 Å². The van der Waals surface area contributed by atoms with Gasteiger partial charge in [0.05, 0.1) is 0 Å². The first kappa shape index (κ1) is 17.2. The van der Waals surface area contributed by atoms with Crippen LogP contribution in [0, 0.1) is 11.8 Å². The van der Waals surface area contributed by atoms with Crippen molar-refractivity contribution in [2.75, 3.05) is 13.1 Å². The lowest BCUT2D eigenvalue weighted by atomic mass is 9.92. The largest absolute Gasteiger partial charge is 0.343 e. The summed E-state index contributed by atoms with van der Waals surface area (Å²) in [5, 5.41) is 7.40. The molecule has 1 saturated heterocycles. The number of piperidine rings is 1. The summed E-state index contributed by atoms with van der Waals surface area (Å²) in [4.78, 5) is 23.2. The fourth-order valence-corrected chi connectivity index (χ4v) is 4.27. The summed E-state index contributed by atoms with van der Waals surface area (Å²) in [7, 11) is 0. The number of amides is 1. The molecular weight excluding hydrogens is 326 g/mol. The number of aromatic nitrogens is 4. The molecule has 2 fully saturated rings. The van der Waals surface area contributed by atoms with E-state index in [9.17, 15) is 4.79 Å². The SMILES string of the molecule is O=C(CC1CCCC1)N1CCC(Cc2nc(-c3ccncc3)n[nH]2)CC1. The Morgan fingerprint density at radius 2 is 1.81 bits per heavy atom. The Morgan fingerprint density at radius 1 is 1.08 bits per heavy atom. The van der Waals surface area contributed by atoms with Gasteiger partial charge in [0.1, 0.15) is 5.82 Å². The maximum atomic E-state index is 12.5. The third-order valence-electron chi connectivity index (χ3n) is 5.86. The molecule has 4 rings (SSSR count). The maximum absolute atomic E-state index is 12.5. The average molecular weight is 353 g/mol. The first-order valence-electron chi connectivity index (χ1n) is 9.87. The first-order valence-corrected chi connectivity index (χ1v) is 9.87.